The van der Waals surface area contributed by atoms with Gasteiger partial charge in [0.05, 0.1) is 0 Å². The number of rotatable bonds is 5. The number of aromatic nitrogens is 2. The minimum Gasteiger partial charge on any atom is -0.347 e. The van der Waals surface area contributed by atoms with Crippen LogP contribution in [0.4, 0.5) is 0 Å². The van der Waals surface area contributed by atoms with Crippen LogP contribution in [0.1, 0.15) is 24.1 Å². The zero-order valence-corrected chi connectivity index (χ0v) is 12.4. The van der Waals surface area contributed by atoms with E-state index in [-0.39, 0.29) is 0 Å². The maximum absolute atomic E-state index is 6.06. The Morgan fingerprint density at radius 1 is 1.14 bits per heavy atom. The zero-order chi connectivity index (χ0) is 14.7. The predicted octanol–water partition coefficient (Wildman–Crippen LogP) is 3.34. The summed E-state index contributed by atoms with van der Waals surface area (Å²) in [4.78, 5) is 4.44. The molecular formula is C18H21N3. The van der Waals surface area contributed by atoms with Crippen LogP contribution in [0.25, 0.3) is 10.9 Å². The maximum atomic E-state index is 6.06. The van der Waals surface area contributed by atoms with Gasteiger partial charge < -0.3 is 10.3 Å². The van der Waals surface area contributed by atoms with Crippen molar-refractivity contribution in [1.29, 1.82) is 0 Å². The lowest BCUT2D eigenvalue weighted by Crippen LogP contribution is -2.15. The van der Waals surface area contributed by atoms with Crippen molar-refractivity contribution < 1.29 is 0 Å². The van der Waals surface area contributed by atoms with Crippen LogP contribution in [0.5, 0.6) is 0 Å². The zero-order valence-electron chi connectivity index (χ0n) is 12.4. The van der Waals surface area contributed by atoms with Gasteiger partial charge >= 0.3 is 0 Å². The first-order valence-corrected chi connectivity index (χ1v) is 7.51. The van der Waals surface area contributed by atoms with E-state index in [4.69, 9.17) is 5.73 Å². The molecule has 3 nitrogen and oxygen atoms in total. The molecule has 108 valence electrons. The molecule has 0 amide bonds. The average molecular weight is 279 g/mol. The molecule has 0 aliphatic rings. The standard InChI is InChI=1S/C18H21N3/c1-2-21-13-17(16-8-3-4-9-18(16)21)14(12-19)11-15-7-5-6-10-20-15/h3-10,13-14H,2,11-12,19H2,1H3. The number of para-hydroxylation sites is 1. The lowest BCUT2D eigenvalue weighted by molar-refractivity contribution is 0.679. The molecule has 1 aromatic carbocycles. The average Bonchev–Trinajstić information content (AvgIpc) is 2.92. The third kappa shape index (κ3) is 2.69. The highest BCUT2D eigenvalue weighted by Gasteiger charge is 2.17. The normalized spacial score (nSPS) is 12.7. The summed E-state index contributed by atoms with van der Waals surface area (Å²) < 4.78 is 2.30. The van der Waals surface area contributed by atoms with Crippen LogP contribution in [0.2, 0.25) is 0 Å². The molecule has 0 aliphatic heterocycles. The molecule has 2 heterocycles. The van der Waals surface area contributed by atoms with Crippen LogP contribution in [-0.4, -0.2) is 16.1 Å². The van der Waals surface area contributed by atoms with Crippen molar-refractivity contribution in [3.63, 3.8) is 0 Å². The molecule has 2 N–H and O–H groups in total. The van der Waals surface area contributed by atoms with Gasteiger partial charge in [-0.15, -0.1) is 0 Å². The van der Waals surface area contributed by atoms with E-state index in [2.05, 4.69) is 53.0 Å². The molecule has 0 saturated carbocycles. The predicted molar refractivity (Wildman–Crippen MR) is 87.3 cm³/mol. The summed E-state index contributed by atoms with van der Waals surface area (Å²) in [5, 5.41) is 1.31. The Balaban J connectivity index is 2.01. The van der Waals surface area contributed by atoms with Gasteiger partial charge in [-0.1, -0.05) is 24.3 Å². The van der Waals surface area contributed by atoms with Crippen molar-refractivity contribution in [2.24, 2.45) is 5.73 Å². The summed E-state index contributed by atoms with van der Waals surface area (Å²) in [6.45, 7) is 3.78. The van der Waals surface area contributed by atoms with Crippen molar-refractivity contribution in [2.75, 3.05) is 6.54 Å². The summed E-state index contributed by atoms with van der Waals surface area (Å²) >= 11 is 0. The summed E-state index contributed by atoms with van der Waals surface area (Å²) in [5.74, 6) is 0.303. The molecule has 2 aromatic heterocycles. The van der Waals surface area contributed by atoms with Crippen LogP contribution in [0.3, 0.4) is 0 Å². The minimum absolute atomic E-state index is 0.303. The van der Waals surface area contributed by atoms with E-state index in [9.17, 15) is 0 Å². The summed E-state index contributed by atoms with van der Waals surface area (Å²) in [5.41, 5.74) is 9.78. The molecule has 0 saturated heterocycles. The molecule has 0 aliphatic carbocycles. The maximum Gasteiger partial charge on any atom is 0.0483 e. The molecule has 0 spiro atoms. The van der Waals surface area contributed by atoms with Gasteiger partial charge in [0, 0.05) is 41.5 Å². The highest BCUT2D eigenvalue weighted by Crippen LogP contribution is 2.29. The van der Waals surface area contributed by atoms with Gasteiger partial charge in [0.15, 0.2) is 0 Å². The molecule has 0 fully saturated rings. The lowest BCUT2D eigenvalue weighted by atomic mass is 9.94. The summed E-state index contributed by atoms with van der Waals surface area (Å²) in [6.07, 6.45) is 4.98. The molecule has 3 rings (SSSR count). The topological polar surface area (TPSA) is 43.8 Å². The number of pyridine rings is 1. The Hall–Kier alpha value is -2.13. The van der Waals surface area contributed by atoms with E-state index in [0.717, 1.165) is 18.7 Å². The molecule has 1 unspecified atom stereocenters. The van der Waals surface area contributed by atoms with Crippen LogP contribution < -0.4 is 5.73 Å². The minimum atomic E-state index is 0.303. The number of nitrogens with two attached hydrogens (primary N) is 1. The van der Waals surface area contributed by atoms with Crippen LogP contribution in [-0.2, 0) is 13.0 Å². The van der Waals surface area contributed by atoms with Crippen LogP contribution in [0.15, 0.2) is 54.9 Å². The van der Waals surface area contributed by atoms with E-state index in [1.807, 2.05) is 18.3 Å². The highest BCUT2D eigenvalue weighted by atomic mass is 14.9. The van der Waals surface area contributed by atoms with Crippen molar-refractivity contribution in [2.45, 2.75) is 25.8 Å². The number of aryl methyl sites for hydroxylation is 1. The highest BCUT2D eigenvalue weighted by molar-refractivity contribution is 5.84. The fraction of sp³-hybridized carbons (Fsp3) is 0.278. The molecule has 0 bridgehead atoms. The van der Waals surface area contributed by atoms with Crippen molar-refractivity contribution in [3.05, 3.63) is 66.1 Å². The number of nitrogens with zero attached hydrogens (tertiary/aromatic N) is 2. The van der Waals surface area contributed by atoms with Gasteiger partial charge in [-0.3, -0.25) is 4.98 Å². The molecule has 0 radical (unpaired) electrons. The van der Waals surface area contributed by atoms with Gasteiger partial charge in [-0.05, 0) is 43.7 Å². The second-order valence-electron chi connectivity index (χ2n) is 5.35. The second-order valence-corrected chi connectivity index (χ2v) is 5.35. The fourth-order valence-electron chi connectivity index (χ4n) is 2.95. The van der Waals surface area contributed by atoms with Crippen molar-refractivity contribution >= 4 is 10.9 Å². The van der Waals surface area contributed by atoms with E-state index in [1.165, 1.54) is 16.5 Å². The van der Waals surface area contributed by atoms with E-state index < -0.39 is 0 Å². The summed E-state index contributed by atoms with van der Waals surface area (Å²) in [6, 6.07) is 14.6. The van der Waals surface area contributed by atoms with E-state index in [0.29, 0.717) is 12.5 Å². The third-order valence-electron chi connectivity index (χ3n) is 4.07. The monoisotopic (exact) mass is 279 g/mol. The number of hydrogen-bond acceptors (Lipinski definition) is 2. The fourth-order valence-corrected chi connectivity index (χ4v) is 2.95. The quantitative estimate of drug-likeness (QED) is 0.778. The Labute approximate surface area is 125 Å². The molecule has 21 heavy (non-hydrogen) atoms. The van der Waals surface area contributed by atoms with Gasteiger partial charge in [0.1, 0.15) is 0 Å². The Bertz CT molecular complexity index is 716. The van der Waals surface area contributed by atoms with Crippen molar-refractivity contribution in [3.8, 4) is 0 Å². The van der Waals surface area contributed by atoms with Gasteiger partial charge in [-0.2, -0.15) is 0 Å². The molecule has 1 atom stereocenters. The van der Waals surface area contributed by atoms with Crippen LogP contribution in [0, 0.1) is 0 Å². The lowest BCUT2D eigenvalue weighted by Gasteiger charge is -2.13. The second kappa shape index (κ2) is 6.10. The Morgan fingerprint density at radius 2 is 1.95 bits per heavy atom. The number of hydrogen-bond donors (Lipinski definition) is 1. The Kier molecular flexibility index (Phi) is 4.02. The summed E-state index contributed by atoms with van der Waals surface area (Å²) in [7, 11) is 0. The van der Waals surface area contributed by atoms with E-state index in [1.54, 1.807) is 0 Å². The van der Waals surface area contributed by atoms with Crippen LogP contribution >= 0.6 is 0 Å². The molecular weight excluding hydrogens is 258 g/mol. The first-order valence-electron chi connectivity index (χ1n) is 7.51. The number of benzene rings is 1. The molecule has 3 aromatic rings. The van der Waals surface area contributed by atoms with Gasteiger partial charge in [0.2, 0.25) is 0 Å². The number of fused-ring (bicyclic) bond motifs is 1. The largest absolute Gasteiger partial charge is 0.347 e. The first-order chi connectivity index (χ1) is 10.3. The third-order valence-corrected chi connectivity index (χ3v) is 4.07. The smallest absolute Gasteiger partial charge is 0.0483 e. The first kappa shape index (κ1) is 13.8. The Morgan fingerprint density at radius 3 is 2.67 bits per heavy atom. The van der Waals surface area contributed by atoms with Gasteiger partial charge in [0.25, 0.3) is 0 Å². The van der Waals surface area contributed by atoms with Gasteiger partial charge in [-0.25, -0.2) is 0 Å². The van der Waals surface area contributed by atoms with E-state index >= 15 is 0 Å². The molecule has 3 heteroatoms. The van der Waals surface area contributed by atoms with Crippen molar-refractivity contribution in [1.82, 2.24) is 9.55 Å². The SMILES string of the molecule is CCn1cc(C(CN)Cc2ccccn2)c2ccccc21.